The van der Waals surface area contributed by atoms with E-state index in [9.17, 15) is 9.90 Å². The molecule has 7 heteroatoms. The number of thioether (sulfide) groups is 1. The van der Waals surface area contributed by atoms with Gasteiger partial charge in [-0.15, -0.1) is 5.10 Å². The minimum absolute atomic E-state index is 0.0159. The van der Waals surface area contributed by atoms with Crippen LogP contribution in [0.2, 0.25) is 0 Å². The zero-order valence-electron chi connectivity index (χ0n) is 12.2. The first-order valence-electron chi connectivity index (χ1n) is 6.43. The molecule has 1 aromatic rings. The van der Waals surface area contributed by atoms with E-state index >= 15 is 0 Å². The first-order valence-corrected chi connectivity index (χ1v) is 7.42. The molecule has 1 heterocycles. The zero-order chi connectivity index (χ0) is 14.6. The number of hydrogen-bond donors (Lipinski definition) is 3. The van der Waals surface area contributed by atoms with E-state index in [0.29, 0.717) is 17.5 Å². The molecule has 1 rings (SSSR count). The summed E-state index contributed by atoms with van der Waals surface area (Å²) in [5, 5.41) is 20.2. The Balaban J connectivity index is 2.51. The van der Waals surface area contributed by atoms with Crippen LogP contribution in [0.1, 0.15) is 40.7 Å². The van der Waals surface area contributed by atoms with Crippen LogP contribution in [0, 0.1) is 0 Å². The van der Waals surface area contributed by atoms with E-state index in [1.54, 1.807) is 4.57 Å². The van der Waals surface area contributed by atoms with Crippen molar-refractivity contribution < 1.29 is 5.11 Å². The lowest BCUT2D eigenvalue weighted by Gasteiger charge is -2.22. The maximum absolute atomic E-state index is 11.5. The van der Waals surface area contributed by atoms with Gasteiger partial charge in [0.2, 0.25) is 0 Å². The molecule has 0 aromatic carbocycles. The molecular formula is C12H24N4O2S. The van der Waals surface area contributed by atoms with Crippen LogP contribution in [0.5, 0.6) is 0 Å². The van der Waals surface area contributed by atoms with Gasteiger partial charge in [0.15, 0.2) is 5.16 Å². The van der Waals surface area contributed by atoms with Gasteiger partial charge >= 0.3 is 5.69 Å². The van der Waals surface area contributed by atoms with Crippen molar-refractivity contribution in [2.24, 2.45) is 0 Å². The van der Waals surface area contributed by atoms with Crippen molar-refractivity contribution >= 4 is 11.8 Å². The Kier molecular flexibility index (Phi) is 5.64. The zero-order valence-corrected chi connectivity index (χ0v) is 13.0. The van der Waals surface area contributed by atoms with Crippen LogP contribution in [-0.2, 0) is 0 Å². The van der Waals surface area contributed by atoms with Gasteiger partial charge in [-0.05, 0) is 34.6 Å². The van der Waals surface area contributed by atoms with Crippen LogP contribution in [0.15, 0.2) is 9.95 Å². The molecule has 0 bridgehead atoms. The van der Waals surface area contributed by atoms with Gasteiger partial charge in [-0.25, -0.2) is 9.89 Å². The Hall–Kier alpha value is -0.790. The van der Waals surface area contributed by atoms with Gasteiger partial charge in [0.1, 0.15) is 0 Å². The van der Waals surface area contributed by atoms with E-state index in [4.69, 9.17) is 0 Å². The van der Waals surface area contributed by atoms with Crippen LogP contribution in [0.25, 0.3) is 0 Å². The second-order valence-corrected chi connectivity index (χ2v) is 6.86. The molecule has 0 amide bonds. The van der Waals surface area contributed by atoms with Gasteiger partial charge in [-0.2, -0.15) is 0 Å². The lowest BCUT2D eigenvalue weighted by atomic mass is 10.1. The average molecular weight is 288 g/mol. The molecule has 0 aliphatic rings. The van der Waals surface area contributed by atoms with Gasteiger partial charge in [-0.3, -0.25) is 4.57 Å². The number of aliphatic hydroxyl groups excluding tert-OH is 1. The fourth-order valence-electron chi connectivity index (χ4n) is 1.50. The predicted molar refractivity (Wildman–Crippen MR) is 77.7 cm³/mol. The second kappa shape index (κ2) is 6.58. The van der Waals surface area contributed by atoms with Crippen LogP contribution >= 0.6 is 11.8 Å². The highest BCUT2D eigenvalue weighted by molar-refractivity contribution is 7.99. The number of hydrogen-bond acceptors (Lipinski definition) is 5. The first-order chi connectivity index (χ1) is 8.70. The van der Waals surface area contributed by atoms with E-state index in [0.717, 1.165) is 0 Å². The third kappa shape index (κ3) is 5.38. The van der Waals surface area contributed by atoms with Crippen LogP contribution < -0.4 is 11.0 Å². The largest absolute Gasteiger partial charge is 0.391 e. The first kappa shape index (κ1) is 16.3. The monoisotopic (exact) mass is 288 g/mol. The summed E-state index contributed by atoms with van der Waals surface area (Å²) in [7, 11) is 0. The minimum atomic E-state index is -0.475. The van der Waals surface area contributed by atoms with Gasteiger partial charge in [0.05, 0.1) is 6.10 Å². The number of rotatable bonds is 6. The molecule has 3 N–H and O–H groups in total. The molecule has 0 aliphatic heterocycles. The molecular weight excluding hydrogens is 264 g/mol. The fourth-order valence-corrected chi connectivity index (χ4v) is 2.50. The van der Waals surface area contributed by atoms with Crippen molar-refractivity contribution in [1.29, 1.82) is 0 Å². The summed E-state index contributed by atoms with van der Waals surface area (Å²) in [6, 6.07) is 0.0543. The van der Waals surface area contributed by atoms with Gasteiger partial charge < -0.3 is 10.4 Å². The number of H-pyrrole nitrogens is 1. The highest BCUT2D eigenvalue weighted by Crippen LogP contribution is 2.17. The molecule has 0 fully saturated rings. The van der Waals surface area contributed by atoms with Crippen molar-refractivity contribution in [3.05, 3.63) is 10.5 Å². The number of nitrogens with zero attached hydrogens (tertiary/aromatic N) is 2. The van der Waals surface area contributed by atoms with Crippen LogP contribution in [-0.4, -0.2) is 43.8 Å². The number of aromatic amines is 1. The molecule has 1 aromatic heterocycles. The number of aromatic nitrogens is 3. The molecule has 0 spiro atoms. The summed E-state index contributed by atoms with van der Waals surface area (Å²) in [4.78, 5) is 11.5. The van der Waals surface area contributed by atoms with Gasteiger partial charge in [-0.1, -0.05) is 11.8 Å². The number of nitrogens with one attached hydrogen (secondary N) is 2. The third-order valence-corrected chi connectivity index (χ3v) is 3.56. The molecule has 0 radical (unpaired) electrons. The summed E-state index contributed by atoms with van der Waals surface area (Å²) < 4.78 is 1.59. The smallest absolute Gasteiger partial charge is 0.344 e. The Morgan fingerprint density at radius 2 is 2.11 bits per heavy atom. The Morgan fingerprint density at radius 3 is 2.63 bits per heavy atom. The molecule has 0 saturated carbocycles. The lowest BCUT2D eigenvalue weighted by Crippen LogP contribution is -2.41. The fraction of sp³-hybridized carbons (Fsp3) is 0.833. The standard InChI is InChI=1S/C12H24N4O2S/c1-8(2)16-10(18)14-15-11(16)19-7-9(17)6-13-12(3,4)5/h8-9,13,17H,6-7H2,1-5H3,(H,14,18). The molecule has 1 unspecified atom stereocenters. The predicted octanol–water partition coefficient (Wildman–Crippen LogP) is 0.993. The summed E-state index contributed by atoms with van der Waals surface area (Å²) in [5.74, 6) is 0.500. The Morgan fingerprint density at radius 1 is 1.47 bits per heavy atom. The maximum atomic E-state index is 11.5. The molecule has 6 nitrogen and oxygen atoms in total. The van der Waals surface area contributed by atoms with Crippen molar-refractivity contribution in [3.8, 4) is 0 Å². The molecule has 1 atom stereocenters. The van der Waals surface area contributed by atoms with Crippen molar-refractivity contribution in [2.75, 3.05) is 12.3 Å². The molecule has 110 valence electrons. The molecule has 0 aliphatic carbocycles. The summed E-state index contributed by atoms with van der Waals surface area (Å²) >= 11 is 1.39. The van der Waals surface area contributed by atoms with Gasteiger partial charge in [0, 0.05) is 23.9 Å². The van der Waals surface area contributed by atoms with E-state index < -0.39 is 6.10 Å². The number of aliphatic hydroxyl groups is 1. The van der Waals surface area contributed by atoms with E-state index in [-0.39, 0.29) is 17.3 Å². The quantitative estimate of drug-likeness (QED) is 0.680. The van der Waals surface area contributed by atoms with Crippen LogP contribution in [0.4, 0.5) is 0 Å². The number of β-amino-alcohol motifs (C(OH)–C–C–N with tert-alkyl or cyclic N) is 1. The van der Waals surface area contributed by atoms with E-state index in [2.05, 4.69) is 36.3 Å². The Labute approximate surface area is 118 Å². The highest BCUT2D eigenvalue weighted by atomic mass is 32.2. The average Bonchev–Trinajstić information content (AvgIpc) is 2.64. The minimum Gasteiger partial charge on any atom is -0.391 e. The summed E-state index contributed by atoms with van der Waals surface area (Å²) in [5.41, 5.74) is -0.224. The van der Waals surface area contributed by atoms with E-state index in [1.165, 1.54) is 11.8 Å². The SMILES string of the molecule is CC(C)n1c(SCC(O)CNC(C)(C)C)n[nH]c1=O. The second-order valence-electron chi connectivity index (χ2n) is 5.87. The normalized spacial score (nSPS) is 14.1. The van der Waals surface area contributed by atoms with Crippen molar-refractivity contribution in [2.45, 2.75) is 57.5 Å². The third-order valence-electron chi connectivity index (χ3n) is 2.46. The van der Waals surface area contributed by atoms with Crippen molar-refractivity contribution in [3.63, 3.8) is 0 Å². The lowest BCUT2D eigenvalue weighted by molar-refractivity contribution is 0.183. The maximum Gasteiger partial charge on any atom is 0.344 e. The molecule has 0 saturated heterocycles. The van der Waals surface area contributed by atoms with E-state index in [1.807, 2.05) is 13.8 Å². The topological polar surface area (TPSA) is 82.9 Å². The van der Waals surface area contributed by atoms with Crippen molar-refractivity contribution in [1.82, 2.24) is 20.1 Å². The highest BCUT2D eigenvalue weighted by Gasteiger charge is 2.15. The summed E-state index contributed by atoms with van der Waals surface area (Å²) in [6.07, 6.45) is -0.475. The van der Waals surface area contributed by atoms with Gasteiger partial charge in [0.25, 0.3) is 0 Å². The Bertz CT molecular complexity index is 447. The van der Waals surface area contributed by atoms with Crippen LogP contribution in [0.3, 0.4) is 0 Å². The molecule has 19 heavy (non-hydrogen) atoms. The summed E-state index contributed by atoms with van der Waals surface area (Å²) in [6.45, 7) is 10.5.